The van der Waals surface area contributed by atoms with E-state index in [9.17, 15) is 0 Å². The minimum absolute atomic E-state index is 0.403. The van der Waals surface area contributed by atoms with Crippen molar-refractivity contribution in [2.75, 3.05) is 39.4 Å². The Hall–Kier alpha value is -0.200. The number of rotatable bonds is 28. The zero-order valence-electron chi connectivity index (χ0n) is 34.7. The standard InChI is InChI=1S/C46H89N3O2/c1-5-6-7-8-9-10-11-12-13-14-15-16-17-18-31-49-32-19-22-37(2)40-23-24-41-44-42(26-28-46(40,41)4)45(3)27-25-39(50-33-20-29-47)35-38(45)36-43(44)51-34-21-30-48/h37-44,49H,5-36,47-48H2,1-4H3/t37?,38?,39-,40?,41?,42?,43-,44?,45+,46?/m1/s1. The lowest BCUT2D eigenvalue weighted by Gasteiger charge is -2.63. The lowest BCUT2D eigenvalue weighted by molar-refractivity contribution is -0.191. The van der Waals surface area contributed by atoms with E-state index < -0.39 is 0 Å². The maximum atomic E-state index is 6.89. The average molecular weight is 716 g/mol. The van der Waals surface area contributed by atoms with Gasteiger partial charge in [0.05, 0.1) is 12.2 Å². The minimum Gasteiger partial charge on any atom is -0.378 e. The number of fused-ring (bicyclic) bond motifs is 5. The Bertz CT molecular complexity index is 902. The predicted octanol–water partition coefficient (Wildman–Crippen LogP) is 11.2. The highest BCUT2D eigenvalue weighted by atomic mass is 16.5. The topological polar surface area (TPSA) is 82.5 Å². The fourth-order valence-electron chi connectivity index (χ4n) is 12.4. The van der Waals surface area contributed by atoms with Gasteiger partial charge in [-0.2, -0.15) is 0 Å². The molecule has 10 atom stereocenters. The number of nitrogens with one attached hydrogen (secondary N) is 1. The third kappa shape index (κ3) is 12.7. The van der Waals surface area contributed by atoms with Crippen molar-refractivity contribution >= 4 is 0 Å². The van der Waals surface area contributed by atoms with Gasteiger partial charge >= 0.3 is 0 Å². The van der Waals surface area contributed by atoms with Gasteiger partial charge in [-0.05, 0) is 156 Å². The van der Waals surface area contributed by atoms with Crippen LogP contribution in [0.25, 0.3) is 0 Å². The van der Waals surface area contributed by atoms with E-state index in [2.05, 4.69) is 33.0 Å². The second kappa shape index (κ2) is 23.7. The lowest BCUT2D eigenvalue weighted by Crippen LogP contribution is -2.59. The number of nitrogens with two attached hydrogens (primary N) is 2. The summed E-state index contributed by atoms with van der Waals surface area (Å²) in [7, 11) is 0. The molecule has 4 aliphatic rings. The Morgan fingerprint density at radius 3 is 1.84 bits per heavy atom. The van der Waals surface area contributed by atoms with Gasteiger partial charge in [0.25, 0.3) is 0 Å². The van der Waals surface area contributed by atoms with Gasteiger partial charge in [-0.25, -0.2) is 0 Å². The van der Waals surface area contributed by atoms with Gasteiger partial charge in [0, 0.05) is 13.2 Å². The molecule has 0 amide bonds. The van der Waals surface area contributed by atoms with Crippen LogP contribution in [0, 0.1) is 46.3 Å². The molecule has 0 aliphatic heterocycles. The van der Waals surface area contributed by atoms with Gasteiger partial charge in [0.2, 0.25) is 0 Å². The van der Waals surface area contributed by atoms with E-state index in [1.54, 1.807) is 0 Å². The van der Waals surface area contributed by atoms with E-state index in [1.807, 2.05) is 0 Å². The van der Waals surface area contributed by atoms with Crippen molar-refractivity contribution in [2.24, 2.45) is 57.8 Å². The monoisotopic (exact) mass is 716 g/mol. The maximum absolute atomic E-state index is 6.89. The summed E-state index contributed by atoms with van der Waals surface area (Å²) in [6.45, 7) is 15.9. The third-order valence-electron chi connectivity index (χ3n) is 15.5. The summed E-state index contributed by atoms with van der Waals surface area (Å²) in [4.78, 5) is 0. The molecule has 4 rings (SSSR count). The van der Waals surface area contributed by atoms with Crippen LogP contribution in [0.3, 0.4) is 0 Å². The van der Waals surface area contributed by atoms with Crippen molar-refractivity contribution < 1.29 is 9.47 Å². The first kappa shape index (κ1) is 43.5. The maximum Gasteiger partial charge on any atom is 0.0611 e. The van der Waals surface area contributed by atoms with Crippen LogP contribution in [0.15, 0.2) is 0 Å². The van der Waals surface area contributed by atoms with Crippen LogP contribution in [-0.2, 0) is 9.47 Å². The van der Waals surface area contributed by atoms with Crippen molar-refractivity contribution in [3.05, 3.63) is 0 Å². The van der Waals surface area contributed by atoms with Gasteiger partial charge in [0.1, 0.15) is 0 Å². The Morgan fingerprint density at radius 1 is 0.627 bits per heavy atom. The normalized spacial score (nSPS) is 33.9. The smallest absolute Gasteiger partial charge is 0.0611 e. The highest BCUT2D eigenvalue weighted by Gasteiger charge is 2.63. The molecule has 0 aromatic rings. The first-order chi connectivity index (χ1) is 24.9. The summed E-state index contributed by atoms with van der Waals surface area (Å²) in [5.41, 5.74) is 12.6. The van der Waals surface area contributed by atoms with Crippen LogP contribution in [0.2, 0.25) is 0 Å². The van der Waals surface area contributed by atoms with Gasteiger partial charge in [0.15, 0.2) is 0 Å². The minimum atomic E-state index is 0.403. The van der Waals surface area contributed by atoms with Crippen LogP contribution < -0.4 is 16.8 Å². The van der Waals surface area contributed by atoms with E-state index in [-0.39, 0.29) is 0 Å². The van der Waals surface area contributed by atoms with Crippen molar-refractivity contribution in [1.29, 1.82) is 0 Å². The Labute approximate surface area is 318 Å². The molecule has 0 heterocycles. The largest absolute Gasteiger partial charge is 0.378 e. The van der Waals surface area contributed by atoms with Gasteiger partial charge in [-0.3, -0.25) is 0 Å². The molecule has 4 fully saturated rings. The van der Waals surface area contributed by atoms with E-state index in [0.717, 1.165) is 74.7 Å². The first-order valence-corrected chi connectivity index (χ1v) is 23.2. The molecule has 0 spiro atoms. The third-order valence-corrected chi connectivity index (χ3v) is 15.5. The second-order valence-corrected chi connectivity index (χ2v) is 18.9. The number of hydrogen-bond acceptors (Lipinski definition) is 5. The molecular formula is C46H89N3O2. The molecule has 51 heavy (non-hydrogen) atoms. The van der Waals surface area contributed by atoms with Gasteiger partial charge in [-0.15, -0.1) is 0 Å². The zero-order chi connectivity index (χ0) is 36.4. The lowest BCUT2D eigenvalue weighted by atomic mass is 9.43. The molecule has 5 N–H and O–H groups in total. The molecule has 5 nitrogen and oxygen atoms in total. The van der Waals surface area contributed by atoms with Gasteiger partial charge in [-0.1, -0.05) is 111 Å². The molecule has 0 aromatic heterocycles. The van der Waals surface area contributed by atoms with Crippen molar-refractivity contribution in [1.82, 2.24) is 5.32 Å². The number of hydrogen-bond donors (Lipinski definition) is 3. The molecule has 0 radical (unpaired) electrons. The summed E-state index contributed by atoms with van der Waals surface area (Å²) in [5.74, 6) is 4.76. The molecule has 4 aliphatic carbocycles. The molecule has 0 bridgehead atoms. The van der Waals surface area contributed by atoms with E-state index in [0.29, 0.717) is 23.0 Å². The predicted molar refractivity (Wildman–Crippen MR) is 219 cm³/mol. The average Bonchev–Trinajstić information content (AvgIpc) is 3.48. The molecule has 7 unspecified atom stereocenters. The Morgan fingerprint density at radius 2 is 1.20 bits per heavy atom. The molecule has 300 valence electrons. The van der Waals surface area contributed by atoms with Crippen LogP contribution >= 0.6 is 0 Å². The zero-order valence-corrected chi connectivity index (χ0v) is 34.7. The van der Waals surface area contributed by atoms with Crippen molar-refractivity contribution in [3.8, 4) is 0 Å². The second-order valence-electron chi connectivity index (χ2n) is 18.9. The summed E-state index contributed by atoms with van der Waals surface area (Å²) in [5, 5.41) is 3.82. The molecule has 5 heteroatoms. The SMILES string of the molecule is CCCCCCCCCCCCCCCCNCCCC(C)C1CCC2C3C(CCC12C)[C@@]1(C)CC[C@@H](OCCCN)CC1C[C@H]3OCCCN. The highest BCUT2D eigenvalue weighted by Crippen LogP contribution is 2.69. The van der Waals surface area contributed by atoms with Crippen molar-refractivity contribution in [3.63, 3.8) is 0 Å². The Kier molecular flexibility index (Phi) is 20.2. The van der Waals surface area contributed by atoms with Crippen LogP contribution in [0.5, 0.6) is 0 Å². The fraction of sp³-hybridized carbons (Fsp3) is 1.00. The first-order valence-electron chi connectivity index (χ1n) is 23.2. The number of unbranched alkanes of at least 4 members (excludes halogenated alkanes) is 13. The van der Waals surface area contributed by atoms with Crippen molar-refractivity contribution in [2.45, 2.75) is 207 Å². The van der Waals surface area contributed by atoms with E-state index in [1.165, 1.54) is 167 Å². The summed E-state index contributed by atoms with van der Waals surface area (Å²) in [6, 6.07) is 0. The molecular weight excluding hydrogens is 627 g/mol. The molecule has 0 aromatic carbocycles. The molecule has 4 saturated carbocycles. The summed E-state index contributed by atoms with van der Waals surface area (Å²) >= 11 is 0. The van der Waals surface area contributed by atoms with Crippen LogP contribution in [-0.4, -0.2) is 51.6 Å². The van der Waals surface area contributed by atoms with E-state index >= 15 is 0 Å². The highest BCUT2D eigenvalue weighted by molar-refractivity contribution is 5.12. The number of ether oxygens (including phenoxy) is 2. The van der Waals surface area contributed by atoms with Gasteiger partial charge < -0.3 is 26.3 Å². The molecule has 0 saturated heterocycles. The fourth-order valence-corrected chi connectivity index (χ4v) is 12.4. The Balaban J connectivity index is 1.14. The quantitative estimate of drug-likeness (QED) is 0.0703. The van der Waals surface area contributed by atoms with Crippen LogP contribution in [0.1, 0.15) is 195 Å². The van der Waals surface area contributed by atoms with Crippen LogP contribution in [0.4, 0.5) is 0 Å². The summed E-state index contributed by atoms with van der Waals surface area (Å²) in [6.07, 6.45) is 36.3. The van der Waals surface area contributed by atoms with E-state index in [4.69, 9.17) is 20.9 Å². The summed E-state index contributed by atoms with van der Waals surface area (Å²) < 4.78 is 13.3.